The van der Waals surface area contributed by atoms with Gasteiger partial charge in [0.1, 0.15) is 5.65 Å². The molecule has 0 spiro atoms. The molecule has 3 rings (SSSR count). The predicted octanol–water partition coefficient (Wildman–Crippen LogP) is 3.25. The molecular weight excluding hydrogens is 310 g/mol. The van der Waals surface area contributed by atoms with Gasteiger partial charge in [-0.05, 0) is 13.0 Å². The van der Waals surface area contributed by atoms with E-state index in [1.807, 2.05) is 17.5 Å². The van der Waals surface area contributed by atoms with Gasteiger partial charge in [-0.3, -0.25) is 9.72 Å². The normalized spacial score (nSPS) is 10.8. The topological polar surface area (TPSA) is 71.3 Å². The van der Waals surface area contributed by atoms with Crippen LogP contribution >= 0.6 is 22.9 Å². The first-order valence-electron chi connectivity index (χ1n) is 6.31. The van der Waals surface area contributed by atoms with Gasteiger partial charge in [0.25, 0.3) is 0 Å². The fraction of sp³-hybridized carbons (Fsp3) is 0.154. The lowest BCUT2D eigenvalue weighted by Crippen LogP contribution is -2.28. The van der Waals surface area contributed by atoms with Crippen molar-refractivity contribution in [3.63, 3.8) is 0 Å². The average molecular weight is 322 g/mol. The summed E-state index contributed by atoms with van der Waals surface area (Å²) in [6.45, 7) is 2.43. The van der Waals surface area contributed by atoms with Crippen LogP contribution in [-0.2, 0) is 0 Å². The second kappa shape index (κ2) is 5.71. The Kier molecular flexibility index (Phi) is 3.76. The van der Waals surface area contributed by atoms with Crippen LogP contribution in [0.5, 0.6) is 0 Å². The smallest absolute Gasteiger partial charge is 0.321 e. The first-order chi connectivity index (χ1) is 10.2. The third kappa shape index (κ3) is 2.84. The predicted molar refractivity (Wildman–Crippen MR) is 84.0 cm³/mol. The Morgan fingerprint density at radius 3 is 3.10 bits per heavy atom. The number of hydrogen-bond acceptors (Lipinski definition) is 4. The number of hydrogen-bond donors (Lipinski definition) is 2. The van der Waals surface area contributed by atoms with Crippen LogP contribution in [0.15, 0.2) is 30.7 Å². The van der Waals surface area contributed by atoms with E-state index < -0.39 is 0 Å². The van der Waals surface area contributed by atoms with Crippen LogP contribution in [0.1, 0.15) is 6.92 Å². The number of halogens is 1. The van der Waals surface area contributed by atoms with Crippen molar-refractivity contribution in [3.05, 3.63) is 35.7 Å². The number of thiazole rings is 1. The molecule has 2 N–H and O–H groups in total. The van der Waals surface area contributed by atoms with Crippen LogP contribution in [0.2, 0.25) is 5.02 Å². The minimum Gasteiger partial charge on any atom is -0.338 e. The highest BCUT2D eigenvalue weighted by molar-refractivity contribution is 7.19. The zero-order valence-electron chi connectivity index (χ0n) is 11.1. The van der Waals surface area contributed by atoms with Crippen LogP contribution in [0, 0.1) is 0 Å². The first-order valence-corrected chi connectivity index (χ1v) is 7.50. The molecule has 21 heavy (non-hydrogen) atoms. The van der Waals surface area contributed by atoms with Crippen molar-refractivity contribution in [3.8, 4) is 10.6 Å². The summed E-state index contributed by atoms with van der Waals surface area (Å²) >= 11 is 7.33. The van der Waals surface area contributed by atoms with Crippen molar-refractivity contribution in [1.82, 2.24) is 19.7 Å². The van der Waals surface area contributed by atoms with Crippen LogP contribution in [-0.4, -0.2) is 26.9 Å². The maximum Gasteiger partial charge on any atom is 0.321 e. The number of carbonyl (C=O) groups excluding carboxylic acids is 1. The second-order valence-corrected chi connectivity index (χ2v) is 5.70. The standard InChI is InChI=1S/C13H12ClN5OS/c1-2-15-12(20)18-13-17-7-10(21-13)9-6-16-11-5-8(14)3-4-19(9)11/h3-7H,2H2,1H3,(H2,15,17,18,20). The summed E-state index contributed by atoms with van der Waals surface area (Å²) in [6, 6.07) is 3.33. The van der Waals surface area contributed by atoms with Gasteiger partial charge in [-0.1, -0.05) is 22.9 Å². The van der Waals surface area contributed by atoms with Crippen molar-refractivity contribution in [2.24, 2.45) is 0 Å². The number of anilines is 1. The Balaban J connectivity index is 1.89. The number of imidazole rings is 1. The first kappa shape index (κ1) is 13.8. The van der Waals surface area contributed by atoms with Crippen molar-refractivity contribution < 1.29 is 4.79 Å². The van der Waals surface area contributed by atoms with Crippen molar-refractivity contribution in [1.29, 1.82) is 0 Å². The monoisotopic (exact) mass is 321 g/mol. The van der Waals surface area contributed by atoms with Crippen molar-refractivity contribution in [2.45, 2.75) is 6.92 Å². The number of pyridine rings is 1. The molecule has 0 saturated heterocycles. The van der Waals surface area contributed by atoms with Crippen LogP contribution in [0.3, 0.4) is 0 Å². The molecule has 0 fully saturated rings. The molecule has 6 nitrogen and oxygen atoms in total. The van der Waals surface area contributed by atoms with E-state index >= 15 is 0 Å². The highest BCUT2D eigenvalue weighted by atomic mass is 35.5. The maximum atomic E-state index is 11.5. The fourth-order valence-electron chi connectivity index (χ4n) is 1.89. The van der Waals surface area contributed by atoms with Crippen LogP contribution in [0.4, 0.5) is 9.93 Å². The van der Waals surface area contributed by atoms with E-state index in [4.69, 9.17) is 11.6 Å². The summed E-state index contributed by atoms with van der Waals surface area (Å²) in [5, 5.41) is 6.53. The van der Waals surface area contributed by atoms with E-state index in [-0.39, 0.29) is 6.03 Å². The highest BCUT2D eigenvalue weighted by Crippen LogP contribution is 2.29. The molecule has 108 valence electrons. The average Bonchev–Trinajstić information content (AvgIpc) is 3.04. The highest BCUT2D eigenvalue weighted by Gasteiger charge is 2.11. The lowest BCUT2D eigenvalue weighted by atomic mass is 10.4. The lowest BCUT2D eigenvalue weighted by molar-refractivity contribution is 0.252. The molecule has 0 bridgehead atoms. The molecule has 0 aromatic carbocycles. The minimum atomic E-state index is -0.261. The van der Waals surface area contributed by atoms with E-state index in [9.17, 15) is 4.79 Å². The SMILES string of the molecule is CCNC(=O)Nc1ncc(-c2cnc3cc(Cl)ccn23)s1. The molecule has 0 aliphatic carbocycles. The van der Waals surface area contributed by atoms with Crippen LogP contribution < -0.4 is 10.6 Å². The van der Waals surface area contributed by atoms with Gasteiger partial charge in [-0.25, -0.2) is 14.8 Å². The number of rotatable bonds is 3. The largest absolute Gasteiger partial charge is 0.338 e. The summed E-state index contributed by atoms with van der Waals surface area (Å²) < 4.78 is 1.93. The summed E-state index contributed by atoms with van der Waals surface area (Å²) in [6.07, 6.45) is 5.33. The summed E-state index contributed by atoms with van der Waals surface area (Å²) in [4.78, 5) is 20.9. The van der Waals surface area contributed by atoms with Gasteiger partial charge in [0.2, 0.25) is 0 Å². The summed E-state index contributed by atoms with van der Waals surface area (Å²) in [7, 11) is 0. The molecule has 3 aromatic heterocycles. The van der Waals surface area contributed by atoms with Gasteiger partial charge < -0.3 is 5.32 Å². The number of urea groups is 1. The van der Waals surface area contributed by atoms with Gasteiger partial charge in [0.05, 0.1) is 16.8 Å². The molecular formula is C13H12ClN5OS. The zero-order valence-corrected chi connectivity index (χ0v) is 12.7. The van der Waals surface area contributed by atoms with Gasteiger partial charge in [0, 0.05) is 30.0 Å². The van der Waals surface area contributed by atoms with Crippen molar-refractivity contribution in [2.75, 3.05) is 11.9 Å². The third-order valence-corrected chi connectivity index (χ3v) is 3.96. The van der Waals surface area contributed by atoms with E-state index in [2.05, 4.69) is 20.6 Å². The van der Waals surface area contributed by atoms with Crippen molar-refractivity contribution >= 4 is 39.7 Å². The zero-order chi connectivity index (χ0) is 14.8. The molecule has 0 saturated carbocycles. The maximum absolute atomic E-state index is 11.5. The third-order valence-electron chi connectivity index (χ3n) is 2.79. The van der Waals surface area contributed by atoms with Gasteiger partial charge in [-0.2, -0.15) is 0 Å². The van der Waals surface area contributed by atoms with Gasteiger partial charge >= 0.3 is 6.03 Å². The molecule has 0 aliphatic rings. The van der Waals surface area contributed by atoms with Gasteiger partial charge in [0.15, 0.2) is 5.13 Å². The Labute approximate surface area is 129 Å². The molecule has 8 heteroatoms. The van der Waals surface area contributed by atoms with E-state index in [0.717, 1.165) is 16.2 Å². The Morgan fingerprint density at radius 1 is 1.43 bits per heavy atom. The summed E-state index contributed by atoms with van der Waals surface area (Å²) in [5.41, 5.74) is 1.67. The number of nitrogens with zero attached hydrogens (tertiary/aromatic N) is 3. The van der Waals surface area contributed by atoms with Crippen LogP contribution in [0.25, 0.3) is 16.2 Å². The minimum absolute atomic E-state index is 0.261. The molecule has 0 radical (unpaired) electrons. The molecule has 3 aromatic rings. The lowest BCUT2D eigenvalue weighted by Gasteiger charge is -2.01. The van der Waals surface area contributed by atoms with E-state index in [1.165, 1.54) is 11.3 Å². The number of nitrogens with one attached hydrogen (secondary N) is 2. The molecule has 0 aliphatic heterocycles. The molecule has 0 unspecified atom stereocenters. The quantitative estimate of drug-likeness (QED) is 0.778. The number of fused-ring (bicyclic) bond motifs is 1. The second-order valence-electron chi connectivity index (χ2n) is 4.23. The van der Waals surface area contributed by atoms with Gasteiger partial charge in [-0.15, -0.1) is 0 Å². The van der Waals surface area contributed by atoms with E-state index in [1.54, 1.807) is 24.5 Å². The number of aromatic nitrogens is 3. The Morgan fingerprint density at radius 2 is 2.29 bits per heavy atom. The van der Waals surface area contributed by atoms with E-state index in [0.29, 0.717) is 16.7 Å². The molecule has 2 amide bonds. The Hall–Kier alpha value is -2.12. The fourth-order valence-corrected chi connectivity index (χ4v) is 2.86. The summed E-state index contributed by atoms with van der Waals surface area (Å²) in [5.74, 6) is 0. The molecule has 3 heterocycles. The number of carbonyl (C=O) groups is 1. The number of amides is 2. The Bertz CT molecular complexity index is 797. The molecule has 0 atom stereocenters.